The van der Waals surface area contributed by atoms with Gasteiger partial charge in [0.25, 0.3) is 0 Å². The minimum absolute atomic E-state index is 0.0324. The summed E-state index contributed by atoms with van der Waals surface area (Å²) in [5, 5.41) is 10.3. The molecule has 0 radical (unpaired) electrons. The Labute approximate surface area is 146 Å². The van der Waals surface area contributed by atoms with Crippen LogP contribution in [0.2, 0.25) is 0 Å². The third-order valence-electron chi connectivity index (χ3n) is 4.63. The van der Waals surface area contributed by atoms with E-state index in [-0.39, 0.29) is 18.1 Å². The van der Waals surface area contributed by atoms with E-state index in [4.69, 9.17) is 4.52 Å². The lowest BCUT2D eigenvalue weighted by Crippen LogP contribution is -2.41. The number of amides is 2. The van der Waals surface area contributed by atoms with Crippen LogP contribution in [0.4, 0.5) is 4.79 Å². The molecule has 0 aromatic carbocycles. The van der Waals surface area contributed by atoms with Gasteiger partial charge in [0.2, 0.25) is 0 Å². The van der Waals surface area contributed by atoms with Crippen molar-refractivity contribution in [2.75, 3.05) is 6.54 Å². The molecule has 2 atom stereocenters. The van der Waals surface area contributed by atoms with Crippen molar-refractivity contribution < 1.29 is 9.32 Å². The molecule has 1 aliphatic rings. The Morgan fingerprint density at radius 2 is 2.29 bits per heavy atom. The zero-order valence-corrected chi connectivity index (χ0v) is 15.4. The van der Waals surface area contributed by atoms with Crippen LogP contribution in [0.1, 0.15) is 66.0 Å². The molecule has 24 heavy (non-hydrogen) atoms. The van der Waals surface area contributed by atoms with Crippen molar-refractivity contribution in [3.05, 3.63) is 33.1 Å². The number of hydrogen-bond acceptors (Lipinski definition) is 5. The van der Waals surface area contributed by atoms with Crippen LogP contribution < -0.4 is 5.32 Å². The van der Waals surface area contributed by atoms with Crippen molar-refractivity contribution in [1.82, 2.24) is 20.4 Å². The largest absolute Gasteiger partial charge is 0.361 e. The molecule has 1 fully saturated rings. The number of aromatic nitrogens is 2. The summed E-state index contributed by atoms with van der Waals surface area (Å²) >= 11 is 1.64. The molecule has 2 amide bonds. The highest BCUT2D eigenvalue weighted by Crippen LogP contribution is 2.33. The van der Waals surface area contributed by atoms with Crippen LogP contribution in [0, 0.1) is 20.8 Å². The van der Waals surface area contributed by atoms with Gasteiger partial charge in [0.05, 0.1) is 28.5 Å². The number of rotatable bonds is 4. The highest BCUT2D eigenvalue weighted by atomic mass is 32.1. The summed E-state index contributed by atoms with van der Waals surface area (Å²) < 4.78 is 5.25. The topological polar surface area (TPSA) is 71.3 Å². The summed E-state index contributed by atoms with van der Waals surface area (Å²) in [7, 11) is 0. The van der Waals surface area contributed by atoms with Crippen molar-refractivity contribution >= 4 is 17.4 Å². The van der Waals surface area contributed by atoms with E-state index in [1.807, 2.05) is 25.7 Å². The summed E-state index contributed by atoms with van der Waals surface area (Å²) in [5.41, 5.74) is 2.84. The van der Waals surface area contributed by atoms with E-state index in [2.05, 4.69) is 27.8 Å². The highest BCUT2D eigenvalue weighted by Gasteiger charge is 2.33. The average Bonchev–Trinajstić information content (AvgIpc) is 3.26. The first kappa shape index (κ1) is 17.0. The molecule has 130 valence electrons. The molecule has 1 N–H and O–H groups in total. The molecule has 0 unspecified atom stereocenters. The van der Waals surface area contributed by atoms with Crippen molar-refractivity contribution in [1.29, 1.82) is 0 Å². The molecule has 2 aromatic rings. The van der Waals surface area contributed by atoms with Crippen molar-refractivity contribution in [2.45, 2.75) is 59.0 Å². The number of aryl methyl sites for hydroxylation is 3. The summed E-state index contributed by atoms with van der Waals surface area (Å²) in [6.07, 6.45) is 2.78. The van der Waals surface area contributed by atoms with Gasteiger partial charge in [-0.05, 0) is 40.0 Å². The quantitative estimate of drug-likeness (QED) is 0.904. The molecular weight excluding hydrogens is 324 g/mol. The van der Waals surface area contributed by atoms with E-state index in [1.54, 1.807) is 11.3 Å². The molecule has 0 saturated carbocycles. The maximum absolute atomic E-state index is 12.9. The minimum atomic E-state index is -0.0813. The molecule has 0 bridgehead atoms. The summed E-state index contributed by atoms with van der Waals surface area (Å²) in [4.78, 5) is 19.3. The van der Waals surface area contributed by atoms with E-state index in [9.17, 15) is 4.79 Å². The Bertz CT molecular complexity index is 704. The number of urea groups is 1. The van der Waals surface area contributed by atoms with E-state index >= 15 is 0 Å². The number of nitrogens with zero attached hydrogens (tertiary/aromatic N) is 3. The number of carbonyl (C=O) groups is 1. The van der Waals surface area contributed by atoms with Crippen molar-refractivity contribution in [3.63, 3.8) is 0 Å². The second-order valence-corrected chi connectivity index (χ2v) is 7.35. The molecule has 2 aromatic heterocycles. The molecule has 1 saturated heterocycles. The lowest BCUT2D eigenvalue weighted by molar-refractivity contribution is 0.187. The summed E-state index contributed by atoms with van der Waals surface area (Å²) in [6, 6.07) is -0.0331. The number of nitrogens with one attached hydrogen (secondary N) is 1. The Morgan fingerprint density at radius 1 is 1.50 bits per heavy atom. The second-order valence-electron chi connectivity index (χ2n) is 6.29. The Morgan fingerprint density at radius 3 is 2.88 bits per heavy atom. The maximum Gasteiger partial charge on any atom is 0.318 e. The van der Waals surface area contributed by atoms with Crippen LogP contribution in [-0.2, 0) is 0 Å². The van der Waals surface area contributed by atoms with Gasteiger partial charge in [0, 0.05) is 17.5 Å². The monoisotopic (exact) mass is 348 g/mol. The van der Waals surface area contributed by atoms with Crippen molar-refractivity contribution in [3.8, 4) is 0 Å². The predicted molar refractivity (Wildman–Crippen MR) is 93.1 cm³/mol. The predicted octanol–water partition coefficient (Wildman–Crippen LogP) is 4.05. The maximum atomic E-state index is 12.9. The fourth-order valence-electron chi connectivity index (χ4n) is 3.45. The lowest BCUT2D eigenvalue weighted by Gasteiger charge is -2.27. The summed E-state index contributed by atoms with van der Waals surface area (Å²) in [5.74, 6) is 0.771. The second kappa shape index (κ2) is 6.93. The standard InChI is InChI=1S/C17H24N4O2S/c1-5-13(16-10(2)20-23-11(16)3)19-17(22)21-8-6-7-15(21)14-9-24-12(4)18-14/h9,13,15H,5-8H2,1-4H3,(H,19,22)/t13-,15+/m0/s1. The summed E-state index contributed by atoms with van der Waals surface area (Å²) in [6.45, 7) is 8.63. The minimum Gasteiger partial charge on any atom is -0.361 e. The SMILES string of the molecule is CC[C@H](NC(=O)N1CCC[C@@H]1c1csc(C)n1)c1c(C)noc1C. The van der Waals surface area contributed by atoms with Gasteiger partial charge in [-0.1, -0.05) is 12.1 Å². The zero-order valence-electron chi connectivity index (χ0n) is 14.6. The van der Waals surface area contributed by atoms with Crippen molar-refractivity contribution in [2.24, 2.45) is 0 Å². The fraction of sp³-hybridized carbons (Fsp3) is 0.588. The van der Waals surface area contributed by atoms with Crippen LogP contribution >= 0.6 is 11.3 Å². The molecule has 7 heteroatoms. The van der Waals surface area contributed by atoms with Crippen LogP contribution in [-0.4, -0.2) is 27.6 Å². The molecular formula is C17H24N4O2S. The molecule has 0 aliphatic carbocycles. The van der Waals surface area contributed by atoms with Gasteiger partial charge >= 0.3 is 6.03 Å². The smallest absolute Gasteiger partial charge is 0.318 e. The van der Waals surface area contributed by atoms with Gasteiger partial charge < -0.3 is 14.7 Å². The van der Waals surface area contributed by atoms with E-state index < -0.39 is 0 Å². The third kappa shape index (κ3) is 3.17. The van der Waals surface area contributed by atoms with Gasteiger partial charge in [0.1, 0.15) is 5.76 Å². The normalized spacial score (nSPS) is 18.8. The van der Waals surface area contributed by atoms with Gasteiger partial charge in [-0.15, -0.1) is 11.3 Å². The van der Waals surface area contributed by atoms with Gasteiger partial charge in [-0.25, -0.2) is 9.78 Å². The molecule has 6 nitrogen and oxygen atoms in total. The van der Waals surface area contributed by atoms with Gasteiger partial charge in [-0.2, -0.15) is 0 Å². The first-order chi connectivity index (χ1) is 11.5. The number of thiazole rings is 1. The molecule has 0 spiro atoms. The molecule has 3 rings (SSSR count). The first-order valence-electron chi connectivity index (χ1n) is 8.43. The van der Waals surface area contributed by atoms with E-state index in [1.165, 1.54) is 0 Å². The Balaban J connectivity index is 1.75. The van der Waals surface area contributed by atoms with Crippen LogP contribution in [0.25, 0.3) is 0 Å². The Kier molecular flexibility index (Phi) is 4.89. The fourth-order valence-corrected chi connectivity index (χ4v) is 4.11. The molecule has 3 heterocycles. The highest BCUT2D eigenvalue weighted by molar-refractivity contribution is 7.09. The Hall–Kier alpha value is -1.89. The number of hydrogen-bond donors (Lipinski definition) is 1. The van der Waals surface area contributed by atoms with Gasteiger partial charge in [-0.3, -0.25) is 0 Å². The van der Waals surface area contributed by atoms with Gasteiger partial charge in [0.15, 0.2) is 0 Å². The van der Waals surface area contributed by atoms with Crippen LogP contribution in [0.15, 0.2) is 9.90 Å². The average molecular weight is 348 g/mol. The zero-order chi connectivity index (χ0) is 17.3. The number of likely N-dealkylation sites (tertiary alicyclic amines) is 1. The van der Waals surface area contributed by atoms with E-state index in [0.29, 0.717) is 0 Å². The van der Waals surface area contributed by atoms with Crippen LogP contribution in [0.3, 0.4) is 0 Å². The van der Waals surface area contributed by atoms with Crippen LogP contribution in [0.5, 0.6) is 0 Å². The number of carbonyl (C=O) groups excluding carboxylic acids is 1. The molecule has 1 aliphatic heterocycles. The van der Waals surface area contributed by atoms with E-state index in [0.717, 1.165) is 53.5 Å². The lowest BCUT2D eigenvalue weighted by atomic mass is 10.0. The third-order valence-corrected chi connectivity index (χ3v) is 5.43. The first-order valence-corrected chi connectivity index (χ1v) is 9.31.